The number of piperidine rings is 1. The van der Waals surface area contributed by atoms with Crippen LogP contribution in [0.4, 0.5) is 0 Å². The van der Waals surface area contributed by atoms with Gasteiger partial charge in [-0.15, -0.1) is 0 Å². The molecule has 0 aromatic carbocycles. The Bertz CT molecular complexity index is 374. The highest BCUT2D eigenvalue weighted by atomic mass is 32.1. The molecule has 2 aliphatic rings. The minimum atomic E-state index is -0.669. The minimum absolute atomic E-state index is 0.0122. The third-order valence-corrected chi connectivity index (χ3v) is 4.16. The highest BCUT2D eigenvalue weighted by molar-refractivity contribution is 7.80. The molecule has 1 aliphatic heterocycles. The first-order valence-corrected chi connectivity index (χ1v) is 6.83. The molecule has 0 atom stereocenters. The maximum atomic E-state index is 11.9. The van der Waals surface area contributed by atoms with E-state index in [0.717, 1.165) is 25.9 Å². The summed E-state index contributed by atoms with van der Waals surface area (Å²) in [5, 5.41) is 2.67. The molecular weight excluding hydrogens is 250 g/mol. The number of amides is 2. The summed E-state index contributed by atoms with van der Waals surface area (Å²) < 4.78 is 0. The van der Waals surface area contributed by atoms with Gasteiger partial charge in [-0.2, -0.15) is 0 Å². The van der Waals surface area contributed by atoms with Crippen LogP contribution in [-0.2, 0) is 9.59 Å². The highest BCUT2D eigenvalue weighted by Gasteiger charge is 2.52. The zero-order valence-corrected chi connectivity index (χ0v) is 11.2. The first-order valence-electron chi connectivity index (χ1n) is 6.42. The van der Waals surface area contributed by atoms with E-state index in [1.165, 1.54) is 6.42 Å². The Morgan fingerprint density at radius 1 is 1.22 bits per heavy atom. The summed E-state index contributed by atoms with van der Waals surface area (Å²) in [6, 6.07) is 0. The molecule has 1 saturated carbocycles. The van der Waals surface area contributed by atoms with Crippen LogP contribution in [0.2, 0.25) is 0 Å². The Balaban J connectivity index is 1.79. The Morgan fingerprint density at radius 3 is 2.33 bits per heavy atom. The van der Waals surface area contributed by atoms with E-state index in [9.17, 15) is 9.59 Å². The zero-order chi connectivity index (χ0) is 13.2. The lowest BCUT2D eigenvalue weighted by molar-refractivity contribution is -0.134. The third kappa shape index (κ3) is 2.63. The first-order chi connectivity index (χ1) is 8.56. The summed E-state index contributed by atoms with van der Waals surface area (Å²) in [6.07, 6.45) is 4.69. The number of nitrogens with zero attached hydrogens (tertiary/aromatic N) is 1. The fraction of sp³-hybridized carbons (Fsp3) is 0.750. The molecule has 18 heavy (non-hydrogen) atoms. The van der Waals surface area contributed by atoms with Crippen LogP contribution in [0.3, 0.4) is 0 Å². The summed E-state index contributed by atoms with van der Waals surface area (Å²) in [5.41, 5.74) is 4.89. The summed E-state index contributed by atoms with van der Waals surface area (Å²) in [7, 11) is 0. The molecule has 1 heterocycles. The number of nitrogens with two attached hydrogens (primary N) is 1. The second kappa shape index (κ2) is 5.22. The quantitative estimate of drug-likeness (QED) is 0.714. The molecule has 6 heteroatoms. The van der Waals surface area contributed by atoms with Crippen molar-refractivity contribution in [3.63, 3.8) is 0 Å². The van der Waals surface area contributed by atoms with Crippen molar-refractivity contribution in [1.29, 1.82) is 0 Å². The Hall–Kier alpha value is -1.17. The highest BCUT2D eigenvalue weighted by Crippen LogP contribution is 2.46. The van der Waals surface area contributed by atoms with Crippen molar-refractivity contribution in [1.82, 2.24) is 10.2 Å². The molecular formula is C12H19N3O2S. The summed E-state index contributed by atoms with van der Waals surface area (Å²) >= 11 is 4.90. The number of hydrogen-bond donors (Lipinski definition) is 2. The maximum Gasteiger partial charge on any atom is 0.241 e. The molecule has 0 radical (unpaired) electrons. The molecule has 0 unspecified atom stereocenters. The summed E-state index contributed by atoms with van der Waals surface area (Å²) in [4.78, 5) is 25.8. The molecule has 2 fully saturated rings. The molecule has 2 rings (SSSR count). The van der Waals surface area contributed by atoms with Gasteiger partial charge in [0.1, 0.15) is 0 Å². The second-order valence-corrected chi connectivity index (χ2v) is 5.51. The fourth-order valence-electron chi connectivity index (χ4n) is 2.29. The van der Waals surface area contributed by atoms with Crippen molar-refractivity contribution < 1.29 is 9.59 Å². The molecule has 3 N–H and O–H groups in total. The number of carbonyl (C=O) groups excluding carboxylic acids is 2. The Labute approximate surface area is 112 Å². The van der Waals surface area contributed by atoms with Gasteiger partial charge in [0.25, 0.3) is 0 Å². The van der Waals surface area contributed by atoms with Crippen LogP contribution in [-0.4, -0.2) is 41.3 Å². The lowest BCUT2D eigenvalue weighted by Crippen LogP contribution is -2.46. The normalized spacial score (nSPS) is 21.2. The number of rotatable bonds is 4. The molecule has 0 spiro atoms. The van der Waals surface area contributed by atoms with Gasteiger partial charge < -0.3 is 16.0 Å². The topological polar surface area (TPSA) is 75.4 Å². The van der Waals surface area contributed by atoms with Crippen molar-refractivity contribution in [2.75, 3.05) is 19.6 Å². The monoisotopic (exact) mass is 269 g/mol. The first kappa shape index (κ1) is 13.3. The predicted molar refractivity (Wildman–Crippen MR) is 71.9 cm³/mol. The van der Waals surface area contributed by atoms with Crippen LogP contribution >= 0.6 is 12.2 Å². The standard InChI is InChI=1S/C12H19N3O2S/c13-10(18)12(4-5-12)11(17)14-8-9(16)15-6-2-1-3-7-15/h1-8H2,(H2,13,18)(H,14,17). The predicted octanol–water partition coefficient (Wildman–Crippen LogP) is 0.181. The van der Waals surface area contributed by atoms with Crippen LogP contribution in [0.15, 0.2) is 0 Å². The van der Waals surface area contributed by atoms with Gasteiger partial charge in [0.2, 0.25) is 11.8 Å². The average molecular weight is 269 g/mol. The van der Waals surface area contributed by atoms with Gasteiger partial charge in [-0.25, -0.2) is 0 Å². The van der Waals surface area contributed by atoms with E-state index >= 15 is 0 Å². The van der Waals surface area contributed by atoms with Gasteiger partial charge >= 0.3 is 0 Å². The van der Waals surface area contributed by atoms with Crippen LogP contribution in [0.1, 0.15) is 32.1 Å². The number of likely N-dealkylation sites (tertiary alicyclic amines) is 1. The van der Waals surface area contributed by atoms with Crippen molar-refractivity contribution >= 4 is 29.0 Å². The average Bonchev–Trinajstić information content (AvgIpc) is 3.18. The number of hydrogen-bond acceptors (Lipinski definition) is 3. The van der Waals surface area contributed by atoms with E-state index in [2.05, 4.69) is 5.32 Å². The van der Waals surface area contributed by atoms with Crippen LogP contribution in [0.25, 0.3) is 0 Å². The van der Waals surface area contributed by atoms with Crippen LogP contribution < -0.4 is 11.1 Å². The SMILES string of the molecule is NC(=S)C1(C(=O)NCC(=O)N2CCCCC2)CC1. The molecule has 1 saturated heterocycles. The largest absolute Gasteiger partial charge is 0.392 e. The summed E-state index contributed by atoms with van der Waals surface area (Å²) in [6.45, 7) is 1.66. The van der Waals surface area contributed by atoms with Gasteiger partial charge in [0.05, 0.1) is 16.9 Å². The molecule has 100 valence electrons. The van der Waals surface area contributed by atoms with Crippen LogP contribution in [0.5, 0.6) is 0 Å². The summed E-state index contributed by atoms with van der Waals surface area (Å²) in [5.74, 6) is -0.206. The lowest BCUT2D eigenvalue weighted by Gasteiger charge is -2.27. The van der Waals surface area contributed by atoms with E-state index in [0.29, 0.717) is 12.8 Å². The smallest absolute Gasteiger partial charge is 0.241 e. The number of carbonyl (C=O) groups is 2. The van der Waals surface area contributed by atoms with E-state index in [1.54, 1.807) is 0 Å². The Morgan fingerprint density at radius 2 is 1.83 bits per heavy atom. The minimum Gasteiger partial charge on any atom is -0.392 e. The second-order valence-electron chi connectivity index (χ2n) is 5.07. The van der Waals surface area contributed by atoms with Gasteiger partial charge in [0, 0.05) is 13.1 Å². The zero-order valence-electron chi connectivity index (χ0n) is 10.4. The van der Waals surface area contributed by atoms with Crippen molar-refractivity contribution in [3.05, 3.63) is 0 Å². The van der Waals surface area contributed by atoms with Crippen molar-refractivity contribution in [2.24, 2.45) is 11.1 Å². The van der Waals surface area contributed by atoms with Crippen molar-refractivity contribution in [3.8, 4) is 0 Å². The lowest BCUT2D eigenvalue weighted by atomic mass is 10.1. The van der Waals surface area contributed by atoms with Gasteiger partial charge in [-0.05, 0) is 32.1 Å². The fourth-order valence-corrected chi connectivity index (χ4v) is 2.59. The molecule has 0 aromatic rings. The van der Waals surface area contributed by atoms with E-state index in [1.807, 2.05) is 4.90 Å². The van der Waals surface area contributed by atoms with E-state index in [4.69, 9.17) is 18.0 Å². The van der Waals surface area contributed by atoms with Crippen molar-refractivity contribution in [2.45, 2.75) is 32.1 Å². The number of nitrogens with one attached hydrogen (secondary N) is 1. The molecule has 0 bridgehead atoms. The Kier molecular flexibility index (Phi) is 3.85. The molecule has 2 amide bonds. The van der Waals surface area contributed by atoms with Gasteiger partial charge in [0.15, 0.2) is 0 Å². The van der Waals surface area contributed by atoms with Crippen LogP contribution in [0, 0.1) is 5.41 Å². The van der Waals surface area contributed by atoms with Gasteiger partial charge in [-0.3, -0.25) is 9.59 Å². The number of thiocarbonyl (C=S) groups is 1. The van der Waals surface area contributed by atoms with E-state index < -0.39 is 5.41 Å². The molecule has 1 aliphatic carbocycles. The maximum absolute atomic E-state index is 11.9. The third-order valence-electron chi connectivity index (χ3n) is 3.77. The molecule has 5 nitrogen and oxygen atoms in total. The van der Waals surface area contributed by atoms with Gasteiger partial charge in [-0.1, -0.05) is 12.2 Å². The molecule has 0 aromatic heterocycles. The van der Waals surface area contributed by atoms with E-state index in [-0.39, 0.29) is 23.3 Å².